The number of anilines is 3. The summed E-state index contributed by atoms with van der Waals surface area (Å²) in [6, 6.07) is 4.09. The highest BCUT2D eigenvalue weighted by molar-refractivity contribution is 7.21. The number of carbonyl (C=O) groups is 1. The third-order valence-corrected chi connectivity index (χ3v) is 8.66. The molecule has 1 aliphatic carbocycles. The second kappa shape index (κ2) is 10.1. The molecule has 2 N–H and O–H groups in total. The van der Waals surface area contributed by atoms with E-state index in [2.05, 4.69) is 31.6 Å². The molecule has 0 spiro atoms. The fourth-order valence-electron chi connectivity index (χ4n) is 5.65. The lowest BCUT2D eigenvalue weighted by molar-refractivity contribution is 0.0728. The summed E-state index contributed by atoms with van der Waals surface area (Å²) in [6.07, 6.45) is 11.9. The third-order valence-electron chi connectivity index (χ3n) is 7.54. The number of aromatic nitrogens is 3. The van der Waals surface area contributed by atoms with Crippen LogP contribution in [0.5, 0.6) is 0 Å². The maximum atomic E-state index is 13.5. The number of carbonyl (C=O) groups excluding carboxylic acids is 1. The lowest BCUT2D eigenvalue weighted by Gasteiger charge is -2.29. The molecule has 3 aromatic heterocycles. The summed E-state index contributed by atoms with van der Waals surface area (Å²) in [4.78, 5) is 32.9. The van der Waals surface area contributed by atoms with E-state index in [0.29, 0.717) is 11.9 Å². The van der Waals surface area contributed by atoms with Crippen LogP contribution in [0.25, 0.3) is 10.2 Å². The average molecular weight is 492 g/mol. The molecule has 9 heteroatoms. The first-order chi connectivity index (χ1) is 17.3. The molecule has 0 radical (unpaired) electrons. The topological polar surface area (TPSA) is 86.3 Å². The molecule has 8 nitrogen and oxygen atoms in total. The van der Waals surface area contributed by atoms with Crippen molar-refractivity contribution in [2.75, 3.05) is 49.5 Å². The number of fused-ring (bicyclic) bond motifs is 1. The van der Waals surface area contributed by atoms with Gasteiger partial charge in [-0.2, -0.15) is 0 Å². The molecule has 3 fully saturated rings. The van der Waals surface area contributed by atoms with Crippen molar-refractivity contribution in [3.8, 4) is 0 Å². The van der Waals surface area contributed by atoms with Gasteiger partial charge < -0.3 is 20.4 Å². The number of nitrogens with zero attached hydrogens (tertiary/aromatic N) is 5. The Hall–Kier alpha value is -2.78. The van der Waals surface area contributed by atoms with Gasteiger partial charge in [-0.05, 0) is 50.2 Å². The fraction of sp³-hybridized carbons (Fsp3) is 0.538. The highest BCUT2D eigenvalue weighted by atomic mass is 32.1. The number of pyridine rings is 1. The number of piperazine rings is 1. The number of hydrogen-bond donors (Lipinski definition) is 2. The Morgan fingerprint density at radius 1 is 0.971 bits per heavy atom. The van der Waals surface area contributed by atoms with Crippen molar-refractivity contribution in [1.29, 1.82) is 0 Å². The Kier molecular flexibility index (Phi) is 6.52. The van der Waals surface area contributed by atoms with Gasteiger partial charge in [0, 0.05) is 44.8 Å². The van der Waals surface area contributed by atoms with Crippen molar-refractivity contribution in [3.63, 3.8) is 0 Å². The molecular weight excluding hydrogens is 458 g/mol. The van der Waals surface area contributed by atoms with Crippen LogP contribution in [0.2, 0.25) is 0 Å². The van der Waals surface area contributed by atoms with Gasteiger partial charge in [-0.15, -0.1) is 11.3 Å². The molecule has 0 unspecified atom stereocenters. The number of amides is 1. The molecule has 1 amide bonds. The molecule has 0 bridgehead atoms. The van der Waals surface area contributed by atoms with Crippen LogP contribution < -0.4 is 15.5 Å². The molecule has 2 aliphatic heterocycles. The van der Waals surface area contributed by atoms with Crippen molar-refractivity contribution >= 4 is 44.9 Å². The zero-order chi connectivity index (χ0) is 23.6. The number of piperidine rings is 1. The third kappa shape index (κ3) is 4.71. The molecule has 5 heterocycles. The van der Waals surface area contributed by atoms with Crippen molar-refractivity contribution in [1.82, 2.24) is 25.2 Å². The summed E-state index contributed by atoms with van der Waals surface area (Å²) in [7, 11) is 0. The number of thiophene rings is 1. The van der Waals surface area contributed by atoms with Crippen LogP contribution in [0.3, 0.4) is 0 Å². The highest BCUT2D eigenvalue weighted by Crippen LogP contribution is 2.43. The van der Waals surface area contributed by atoms with E-state index in [1.165, 1.54) is 19.3 Å². The van der Waals surface area contributed by atoms with Gasteiger partial charge in [-0.25, -0.2) is 15.0 Å². The Balaban J connectivity index is 1.28. The summed E-state index contributed by atoms with van der Waals surface area (Å²) in [5, 5.41) is 6.67. The molecule has 3 aliphatic rings. The first kappa shape index (κ1) is 22.7. The molecule has 35 heavy (non-hydrogen) atoms. The zero-order valence-electron chi connectivity index (χ0n) is 20.1. The minimum atomic E-state index is 0.189. The first-order valence-corrected chi connectivity index (χ1v) is 13.9. The van der Waals surface area contributed by atoms with Gasteiger partial charge in [0.2, 0.25) is 5.95 Å². The molecule has 184 valence electrons. The smallest absolute Gasteiger partial charge is 0.264 e. The van der Waals surface area contributed by atoms with E-state index in [1.807, 2.05) is 23.4 Å². The molecule has 0 atom stereocenters. The van der Waals surface area contributed by atoms with Crippen molar-refractivity contribution in [3.05, 3.63) is 35.0 Å². The van der Waals surface area contributed by atoms with Gasteiger partial charge in [0.25, 0.3) is 5.91 Å². The van der Waals surface area contributed by atoms with Crippen LogP contribution in [0.4, 0.5) is 17.5 Å². The average Bonchev–Trinajstić information content (AvgIpc) is 3.57. The molecule has 2 saturated heterocycles. The van der Waals surface area contributed by atoms with E-state index in [-0.39, 0.29) is 5.91 Å². The van der Waals surface area contributed by atoms with Crippen LogP contribution in [0, 0.1) is 0 Å². The minimum Gasteiger partial charge on any atom is -0.368 e. The van der Waals surface area contributed by atoms with Gasteiger partial charge in [0.1, 0.15) is 5.82 Å². The summed E-state index contributed by atoms with van der Waals surface area (Å²) in [5.74, 6) is 1.86. The fourth-order valence-corrected chi connectivity index (χ4v) is 6.82. The number of rotatable bonds is 5. The molecule has 6 rings (SSSR count). The Labute approximate surface area is 210 Å². The Morgan fingerprint density at radius 3 is 2.51 bits per heavy atom. The van der Waals surface area contributed by atoms with Crippen LogP contribution >= 0.6 is 11.3 Å². The van der Waals surface area contributed by atoms with E-state index in [4.69, 9.17) is 4.98 Å². The maximum absolute atomic E-state index is 13.5. The van der Waals surface area contributed by atoms with E-state index in [0.717, 1.165) is 97.1 Å². The largest absolute Gasteiger partial charge is 0.368 e. The standard InChI is InChI=1S/C26H33N7OS/c34-25(33-12-4-1-5-13-33)24-22(18-6-2-3-7-18)23-20(35-24)17-29-26(31-23)30-21-9-8-19(16-28-21)32-14-10-27-11-15-32/h8-9,16-18,27H,1-7,10-15H2,(H,28,29,30,31). The normalized spacial score (nSPS) is 19.4. The number of hydrogen-bond acceptors (Lipinski definition) is 8. The first-order valence-electron chi connectivity index (χ1n) is 13.0. The van der Waals surface area contributed by atoms with Gasteiger partial charge in [-0.1, -0.05) is 12.8 Å². The molecule has 3 aromatic rings. The van der Waals surface area contributed by atoms with Crippen LogP contribution in [-0.4, -0.2) is 65.0 Å². The molecular formula is C26H33N7OS. The maximum Gasteiger partial charge on any atom is 0.264 e. The molecule has 1 saturated carbocycles. The number of likely N-dealkylation sites (tertiary alicyclic amines) is 1. The lowest BCUT2D eigenvalue weighted by atomic mass is 9.96. The lowest BCUT2D eigenvalue weighted by Crippen LogP contribution is -2.43. The summed E-state index contributed by atoms with van der Waals surface area (Å²) >= 11 is 1.58. The van der Waals surface area contributed by atoms with E-state index >= 15 is 0 Å². The van der Waals surface area contributed by atoms with E-state index < -0.39 is 0 Å². The SMILES string of the molecule is O=C(c1sc2cnc(Nc3ccc(N4CCNCC4)cn3)nc2c1C1CCCC1)N1CCCCC1. The second-order valence-corrected chi connectivity index (χ2v) is 10.9. The van der Waals surface area contributed by atoms with E-state index in [9.17, 15) is 4.79 Å². The Bertz CT molecular complexity index is 1180. The highest BCUT2D eigenvalue weighted by Gasteiger charge is 2.31. The minimum absolute atomic E-state index is 0.189. The second-order valence-electron chi connectivity index (χ2n) is 9.85. The van der Waals surface area contributed by atoms with Crippen LogP contribution in [-0.2, 0) is 0 Å². The van der Waals surface area contributed by atoms with Crippen LogP contribution in [0.1, 0.15) is 66.1 Å². The zero-order valence-corrected chi connectivity index (χ0v) is 20.9. The molecule has 0 aromatic carbocycles. The van der Waals surface area contributed by atoms with Crippen LogP contribution in [0.15, 0.2) is 24.5 Å². The van der Waals surface area contributed by atoms with Gasteiger partial charge in [0.15, 0.2) is 0 Å². The predicted molar refractivity (Wildman–Crippen MR) is 141 cm³/mol. The predicted octanol–water partition coefficient (Wildman–Crippen LogP) is 4.52. The van der Waals surface area contributed by atoms with Gasteiger partial charge >= 0.3 is 0 Å². The summed E-state index contributed by atoms with van der Waals surface area (Å²) in [6.45, 7) is 5.72. The van der Waals surface area contributed by atoms with E-state index in [1.54, 1.807) is 11.3 Å². The number of nitrogens with one attached hydrogen (secondary N) is 2. The van der Waals surface area contributed by atoms with Crippen molar-refractivity contribution in [2.45, 2.75) is 50.9 Å². The Morgan fingerprint density at radius 2 is 1.77 bits per heavy atom. The summed E-state index contributed by atoms with van der Waals surface area (Å²) in [5.41, 5.74) is 3.23. The van der Waals surface area contributed by atoms with Gasteiger partial charge in [-0.3, -0.25) is 4.79 Å². The van der Waals surface area contributed by atoms with Crippen molar-refractivity contribution < 1.29 is 4.79 Å². The quantitative estimate of drug-likeness (QED) is 0.543. The monoisotopic (exact) mass is 491 g/mol. The van der Waals surface area contributed by atoms with Crippen molar-refractivity contribution in [2.24, 2.45) is 0 Å². The van der Waals surface area contributed by atoms with Gasteiger partial charge in [0.05, 0.1) is 33.2 Å². The summed E-state index contributed by atoms with van der Waals surface area (Å²) < 4.78 is 1.000.